The number of para-hydroxylation sites is 1. The molecule has 0 bridgehead atoms. The van der Waals surface area contributed by atoms with Gasteiger partial charge < -0.3 is 10.2 Å². The molecule has 22 heavy (non-hydrogen) atoms. The van der Waals surface area contributed by atoms with Gasteiger partial charge in [-0.25, -0.2) is 4.98 Å². The minimum absolute atomic E-state index is 0.0378. The third-order valence-electron chi connectivity index (χ3n) is 3.31. The molecule has 2 aromatic carbocycles. The van der Waals surface area contributed by atoms with E-state index >= 15 is 0 Å². The molecule has 0 fully saturated rings. The number of nitrogens with zero attached hydrogens (tertiary/aromatic N) is 2. The van der Waals surface area contributed by atoms with E-state index in [-0.39, 0.29) is 17.2 Å². The Kier molecular flexibility index (Phi) is 3.94. The van der Waals surface area contributed by atoms with Crippen LogP contribution in [0.25, 0.3) is 10.9 Å². The zero-order valence-electron chi connectivity index (χ0n) is 11.6. The molecular weight excluding hydrogens is 300 g/mol. The number of pyridine rings is 1. The van der Waals surface area contributed by atoms with Crippen molar-refractivity contribution < 1.29 is 10.2 Å². The fourth-order valence-electron chi connectivity index (χ4n) is 2.13. The van der Waals surface area contributed by atoms with Gasteiger partial charge in [0.2, 0.25) is 5.88 Å². The maximum absolute atomic E-state index is 10.3. The Bertz CT molecular complexity index is 845. The summed E-state index contributed by atoms with van der Waals surface area (Å²) >= 11 is 5.74. The molecule has 0 aliphatic rings. The maximum atomic E-state index is 10.3. The second-order valence-electron chi connectivity index (χ2n) is 4.77. The minimum atomic E-state index is -0.252. The molecule has 0 spiro atoms. The fraction of sp³-hybridized carbons (Fsp3) is 0.0588. The van der Waals surface area contributed by atoms with Crippen molar-refractivity contribution in [1.82, 2.24) is 4.98 Å². The molecule has 0 atom stereocenters. The largest absolute Gasteiger partial charge is 0.506 e. The predicted molar refractivity (Wildman–Crippen MR) is 88.3 cm³/mol. The number of alkyl halides is 1. The lowest BCUT2D eigenvalue weighted by molar-refractivity contribution is 0.439. The number of hydrogen-bond donors (Lipinski definition) is 2. The topological polar surface area (TPSA) is 65.7 Å². The smallest absolute Gasteiger partial charge is 0.224 e. The Hall–Kier alpha value is -2.59. The zero-order chi connectivity index (χ0) is 15.5. The average Bonchev–Trinajstić information content (AvgIpc) is 2.55. The summed E-state index contributed by atoms with van der Waals surface area (Å²) < 4.78 is 0. The van der Waals surface area contributed by atoms with Crippen molar-refractivity contribution in [2.24, 2.45) is 4.99 Å². The van der Waals surface area contributed by atoms with Crippen LogP contribution in [0.5, 0.6) is 11.6 Å². The van der Waals surface area contributed by atoms with E-state index in [1.54, 1.807) is 24.3 Å². The molecule has 0 aliphatic heterocycles. The van der Waals surface area contributed by atoms with Crippen LogP contribution in [0.15, 0.2) is 53.5 Å². The van der Waals surface area contributed by atoms with Crippen molar-refractivity contribution in [3.8, 4) is 11.6 Å². The minimum Gasteiger partial charge on any atom is -0.506 e. The SMILES string of the molecule is Oc1nc2ccccc2c(O)c1/C=N/c1ccc(CCl)cc1. The lowest BCUT2D eigenvalue weighted by Gasteiger charge is -2.06. The van der Waals surface area contributed by atoms with E-state index < -0.39 is 0 Å². The number of aromatic nitrogens is 1. The quantitative estimate of drug-likeness (QED) is 0.564. The molecular formula is C17H13ClN2O2. The predicted octanol–water partition coefficient (Wildman–Crippen LogP) is 4.14. The first-order valence-electron chi connectivity index (χ1n) is 6.68. The van der Waals surface area contributed by atoms with E-state index in [1.807, 2.05) is 24.3 Å². The summed E-state index contributed by atoms with van der Waals surface area (Å²) in [6.07, 6.45) is 1.40. The lowest BCUT2D eigenvalue weighted by atomic mass is 10.1. The molecule has 0 unspecified atom stereocenters. The highest BCUT2D eigenvalue weighted by Gasteiger charge is 2.11. The van der Waals surface area contributed by atoms with E-state index in [9.17, 15) is 10.2 Å². The summed E-state index contributed by atoms with van der Waals surface area (Å²) in [4.78, 5) is 8.32. The van der Waals surface area contributed by atoms with Crippen LogP contribution in [0, 0.1) is 0 Å². The molecule has 2 N–H and O–H groups in total. The lowest BCUT2D eigenvalue weighted by Crippen LogP contribution is -1.90. The van der Waals surface area contributed by atoms with Gasteiger partial charge in [-0.3, -0.25) is 4.99 Å². The highest BCUT2D eigenvalue weighted by atomic mass is 35.5. The van der Waals surface area contributed by atoms with Gasteiger partial charge in [0.1, 0.15) is 5.75 Å². The van der Waals surface area contributed by atoms with Crippen molar-refractivity contribution in [2.75, 3.05) is 0 Å². The molecule has 110 valence electrons. The van der Waals surface area contributed by atoms with Crippen LogP contribution >= 0.6 is 11.6 Å². The highest BCUT2D eigenvalue weighted by Crippen LogP contribution is 2.32. The van der Waals surface area contributed by atoms with Gasteiger partial charge in [-0.15, -0.1) is 11.6 Å². The summed E-state index contributed by atoms with van der Waals surface area (Å²) in [6, 6.07) is 14.4. The van der Waals surface area contributed by atoms with Gasteiger partial charge in [0, 0.05) is 17.5 Å². The molecule has 0 amide bonds. The highest BCUT2D eigenvalue weighted by molar-refractivity contribution is 6.17. The Morgan fingerprint density at radius 2 is 1.77 bits per heavy atom. The summed E-state index contributed by atoms with van der Waals surface area (Å²) in [5.74, 6) is 0.154. The molecule has 3 rings (SSSR count). The van der Waals surface area contributed by atoms with Crippen molar-refractivity contribution in [3.63, 3.8) is 0 Å². The van der Waals surface area contributed by atoms with Crippen molar-refractivity contribution >= 4 is 34.4 Å². The summed E-state index contributed by atoms with van der Waals surface area (Å²) in [7, 11) is 0. The van der Waals surface area contributed by atoms with Crippen molar-refractivity contribution in [2.45, 2.75) is 5.88 Å². The molecule has 0 aliphatic carbocycles. The summed E-state index contributed by atoms with van der Waals surface area (Å²) in [5.41, 5.74) is 2.42. The Labute approximate surface area is 132 Å². The normalized spacial score (nSPS) is 11.3. The monoisotopic (exact) mass is 312 g/mol. The van der Waals surface area contributed by atoms with Gasteiger partial charge in [0.05, 0.1) is 16.8 Å². The zero-order valence-corrected chi connectivity index (χ0v) is 12.3. The Morgan fingerprint density at radius 3 is 2.50 bits per heavy atom. The van der Waals surface area contributed by atoms with E-state index in [1.165, 1.54) is 6.21 Å². The van der Waals surface area contributed by atoms with Crippen LogP contribution in [0.1, 0.15) is 11.1 Å². The van der Waals surface area contributed by atoms with Crippen LogP contribution in [-0.4, -0.2) is 21.4 Å². The molecule has 3 aromatic rings. The Morgan fingerprint density at radius 1 is 1.05 bits per heavy atom. The third kappa shape index (κ3) is 2.73. The number of benzene rings is 2. The summed E-state index contributed by atoms with van der Waals surface area (Å²) in [5, 5.41) is 20.8. The molecule has 0 radical (unpaired) electrons. The Balaban J connectivity index is 2.00. The number of aliphatic imine (C=N–C) groups is 1. The van der Waals surface area contributed by atoms with Crippen LogP contribution < -0.4 is 0 Å². The molecule has 4 nitrogen and oxygen atoms in total. The average molecular weight is 313 g/mol. The number of halogens is 1. The van der Waals surface area contributed by atoms with Gasteiger partial charge in [-0.2, -0.15) is 0 Å². The first kappa shape index (κ1) is 14.4. The molecule has 5 heteroatoms. The van der Waals surface area contributed by atoms with Gasteiger partial charge in [0.25, 0.3) is 0 Å². The molecule has 0 saturated heterocycles. The fourth-order valence-corrected chi connectivity index (χ4v) is 2.30. The third-order valence-corrected chi connectivity index (χ3v) is 3.62. The molecule has 1 aromatic heterocycles. The standard InChI is InChI=1S/C17H13ClN2O2/c18-9-11-5-7-12(8-6-11)19-10-14-16(21)13-3-1-2-4-15(13)20-17(14)22/h1-8,10H,9H2,(H2,20,21,22)/b19-10+. The van der Waals surface area contributed by atoms with Crippen LogP contribution in [0.3, 0.4) is 0 Å². The molecule has 1 heterocycles. The van der Waals surface area contributed by atoms with Gasteiger partial charge in [-0.05, 0) is 29.8 Å². The molecule has 0 saturated carbocycles. The van der Waals surface area contributed by atoms with E-state index in [4.69, 9.17) is 11.6 Å². The maximum Gasteiger partial charge on any atom is 0.224 e. The van der Waals surface area contributed by atoms with Crippen LogP contribution in [0.4, 0.5) is 5.69 Å². The van der Waals surface area contributed by atoms with Crippen molar-refractivity contribution in [1.29, 1.82) is 0 Å². The second-order valence-corrected chi connectivity index (χ2v) is 5.04. The van der Waals surface area contributed by atoms with Crippen LogP contribution in [0.2, 0.25) is 0 Å². The number of aromatic hydroxyl groups is 2. The first-order valence-corrected chi connectivity index (χ1v) is 7.22. The summed E-state index contributed by atoms with van der Waals surface area (Å²) in [6.45, 7) is 0. The first-order chi connectivity index (χ1) is 10.7. The number of fused-ring (bicyclic) bond motifs is 1. The van der Waals surface area contributed by atoms with Crippen molar-refractivity contribution in [3.05, 3.63) is 59.7 Å². The van der Waals surface area contributed by atoms with E-state index in [0.717, 1.165) is 5.56 Å². The van der Waals surface area contributed by atoms with E-state index in [0.29, 0.717) is 22.5 Å². The second kappa shape index (κ2) is 6.03. The van der Waals surface area contributed by atoms with Gasteiger partial charge >= 0.3 is 0 Å². The van der Waals surface area contributed by atoms with Crippen LogP contribution in [-0.2, 0) is 5.88 Å². The van der Waals surface area contributed by atoms with E-state index in [2.05, 4.69) is 9.98 Å². The van der Waals surface area contributed by atoms with Gasteiger partial charge in [-0.1, -0.05) is 24.3 Å². The number of hydrogen-bond acceptors (Lipinski definition) is 4. The van der Waals surface area contributed by atoms with Gasteiger partial charge in [0.15, 0.2) is 0 Å². The number of rotatable bonds is 3.